The summed E-state index contributed by atoms with van der Waals surface area (Å²) in [6, 6.07) is 15.5. The van der Waals surface area contributed by atoms with E-state index in [4.69, 9.17) is 10.8 Å². The number of aromatic nitrogens is 2. The Kier molecular flexibility index (Phi) is 4.13. The molecular weight excluding hydrogens is 298 g/mol. The number of hydrogen-bond donors (Lipinski definition) is 2. The Labute approximate surface area is 140 Å². The van der Waals surface area contributed by atoms with Crippen molar-refractivity contribution in [2.45, 2.75) is 6.92 Å². The Balaban J connectivity index is 2.22. The first kappa shape index (κ1) is 15.5. The van der Waals surface area contributed by atoms with Gasteiger partial charge >= 0.3 is 0 Å². The van der Waals surface area contributed by atoms with E-state index in [0.717, 1.165) is 28.5 Å². The van der Waals surface area contributed by atoms with Crippen molar-refractivity contribution in [3.05, 3.63) is 59.7 Å². The van der Waals surface area contributed by atoms with Gasteiger partial charge in [0.1, 0.15) is 5.82 Å². The lowest BCUT2D eigenvalue weighted by Crippen LogP contribution is -2.26. The summed E-state index contributed by atoms with van der Waals surface area (Å²) in [5.74, 6) is 6.63. The predicted octanol–water partition coefficient (Wildman–Crippen LogP) is 3.11. The summed E-state index contributed by atoms with van der Waals surface area (Å²) < 4.78 is 1.45. The number of anilines is 2. The van der Waals surface area contributed by atoms with E-state index in [1.165, 1.54) is 4.57 Å². The molecule has 0 atom stereocenters. The van der Waals surface area contributed by atoms with Gasteiger partial charge in [-0.25, -0.2) is 0 Å². The van der Waals surface area contributed by atoms with Gasteiger partial charge in [0.05, 0.1) is 11.9 Å². The number of fused-ring (bicyclic) bond motifs is 1. The highest BCUT2D eigenvalue weighted by molar-refractivity contribution is 5.94. The monoisotopic (exact) mass is 315 g/mol. The summed E-state index contributed by atoms with van der Waals surface area (Å²) in [6.45, 7) is 1.81. The molecule has 3 rings (SSSR count). The van der Waals surface area contributed by atoms with Gasteiger partial charge < -0.3 is 4.90 Å². The summed E-state index contributed by atoms with van der Waals surface area (Å²) in [5.41, 5.74) is 2.68. The average Bonchev–Trinajstić information content (AvgIpc) is 2.61. The largest absolute Gasteiger partial charge is 0.329 e. The normalized spacial score (nSPS) is 10.1. The van der Waals surface area contributed by atoms with Crippen LogP contribution in [-0.2, 0) is 0 Å². The van der Waals surface area contributed by atoms with Gasteiger partial charge in [-0.05, 0) is 37.3 Å². The lowest BCUT2D eigenvalue weighted by atomic mass is 10.1. The summed E-state index contributed by atoms with van der Waals surface area (Å²) in [7, 11) is 1.92. The Morgan fingerprint density at radius 3 is 2.71 bits per heavy atom. The molecule has 1 heterocycles. The molecule has 0 radical (unpaired) electrons. The van der Waals surface area contributed by atoms with Crippen LogP contribution in [0.5, 0.6) is 0 Å². The molecule has 0 amide bonds. The predicted molar refractivity (Wildman–Crippen MR) is 96.8 cm³/mol. The Hall–Kier alpha value is -3.39. The van der Waals surface area contributed by atoms with Crippen molar-refractivity contribution in [2.24, 2.45) is 0 Å². The van der Waals surface area contributed by atoms with Gasteiger partial charge in [-0.3, -0.25) is 15.4 Å². The van der Waals surface area contributed by atoms with Crippen LogP contribution in [0.3, 0.4) is 0 Å². The van der Waals surface area contributed by atoms with Crippen molar-refractivity contribution in [1.29, 1.82) is 10.8 Å². The lowest BCUT2D eigenvalue weighted by Gasteiger charge is -2.21. The Morgan fingerprint density at radius 1 is 1.17 bits per heavy atom. The molecule has 0 fully saturated rings. The maximum absolute atomic E-state index is 8.11. The molecule has 5 nitrogen and oxygen atoms in total. The number of nitrogens with one attached hydrogen (secondary N) is 2. The highest BCUT2D eigenvalue weighted by Crippen LogP contribution is 2.28. The molecule has 0 saturated carbocycles. The Morgan fingerprint density at radius 2 is 1.96 bits per heavy atom. The van der Waals surface area contributed by atoms with Gasteiger partial charge in [-0.2, -0.15) is 4.98 Å². The molecule has 0 bridgehead atoms. The SMILES string of the molecule is CC#Cc1cccc(N(C)c2nc(=N)n(C=N)c3ccccc23)c1. The zero-order valence-corrected chi connectivity index (χ0v) is 13.5. The van der Waals surface area contributed by atoms with Crippen molar-refractivity contribution < 1.29 is 0 Å². The molecule has 0 unspecified atom stereocenters. The van der Waals surface area contributed by atoms with E-state index < -0.39 is 0 Å². The molecular formula is C19H17N5. The van der Waals surface area contributed by atoms with Crippen molar-refractivity contribution in [3.63, 3.8) is 0 Å². The molecule has 118 valence electrons. The quantitative estimate of drug-likeness (QED) is 0.443. The third kappa shape index (κ3) is 2.66. The van der Waals surface area contributed by atoms with Crippen molar-refractivity contribution in [3.8, 4) is 11.8 Å². The molecule has 2 N–H and O–H groups in total. The molecule has 5 heteroatoms. The molecule has 3 aromatic rings. The zero-order valence-electron chi connectivity index (χ0n) is 13.5. The van der Waals surface area contributed by atoms with E-state index >= 15 is 0 Å². The first-order valence-electron chi connectivity index (χ1n) is 7.48. The van der Waals surface area contributed by atoms with E-state index in [1.54, 1.807) is 0 Å². The molecule has 0 aliphatic heterocycles. The van der Waals surface area contributed by atoms with Crippen molar-refractivity contribution >= 4 is 28.7 Å². The minimum absolute atomic E-state index is 0.0232. The van der Waals surface area contributed by atoms with Gasteiger partial charge in [0.25, 0.3) is 0 Å². The summed E-state index contributed by atoms with van der Waals surface area (Å²) >= 11 is 0. The van der Waals surface area contributed by atoms with E-state index in [-0.39, 0.29) is 5.62 Å². The van der Waals surface area contributed by atoms with E-state index in [2.05, 4.69) is 16.8 Å². The second-order valence-electron chi connectivity index (χ2n) is 5.26. The van der Waals surface area contributed by atoms with Crippen LogP contribution in [0.1, 0.15) is 12.5 Å². The number of rotatable bonds is 3. The zero-order chi connectivity index (χ0) is 17.1. The van der Waals surface area contributed by atoms with Gasteiger partial charge in [0.15, 0.2) is 0 Å². The molecule has 2 aromatic carbocycles. The van der Waals surface area contributed by atoms with Gasteiger partial charge in [0.2, 0.25) is 5.62 Å². The minimum atomic E-state index is 0.0232. The molecule has 0 aliphatic carbocycles. The number of para-hydroxylation sites is 1. The van der Waals surface area contributed by atoms with Crippen LogP contribution in [0, 0.1) is 22.7 Å². The van der Waals surface area contributed by atoms with E-state index in [1.807, 2.05) is 67.4 Å². The number of nitrogens with zero attached hydrogens (tertiary/aromatic N) is 3. The van der Waals surface area contributed by atoms with Gasteiger partial charge in [-0.15, -0.1) is 5.92 Å². The lowest BCUT2D eigenvalue weighted by molar-refractivity contribution is 0.915. The summed E-state index contributed by atoms with van der Waals surface area (Å²) in [5, 5.41) is 16.5. The fourth-order valence-electron chi connectivity index (χ4n) is 2.65. The second kappa shape index (κ2) is 6.39. The summed E-state index contributed by atoms with van der Waals surface area (Å²) in [4.78, 5) is 6.33. The average molecular weight is 315 g/mol. The third-order valence-electron chi connectivity index (χ3n) is 3.79. The molecule has 0 aliphatic rings. The maximum Gasteiger partial charge on any atom is 0.229 e. The van der Waals surface area contributed by atoms with Crippen LogP contribution in [0.15, 0.2) is 48.5 Å². The molecule has 1 aromatic heterocycles. The van der Waals surface area contributed by atoms with Gasteiger partial charge in [-0.1, -0.05) is 24.1 Å². The molecule has 0 spiro atoms. The third-order valence-corrected chi connectivity index (χ3v) is 3.79. The minimum Gasteiger partial charge on any atom is -0.329 e. The first-order valence-corrected chi connectivity index (χ1v) is 7.48. The fourth-order valence-corrected chi connectivity index (χ4v) is 2.65. The maximum atomic E-state index is 8.11. The van der Waals surface area contributed by atoms with Crippen LogP contribution < -0.4 is 10.5 Å². The topological polar surface area (TPSA) is 68.8 Å². The van der Waals surface area contributed by atoms with Crippen molar-refractivity contribution in [2.75, 3.05) is 11.9 Å². The standard InChI is InChI=1S/C19H17N5/c1-3-7-14-8-6-9-15(12-14)23(2)18-16-10-4-5-11-17(16)24(13-20)19(21)22-18/h4-6,8-13,20-21H,1-2H3. The van der Waals surface area contributed by atoms with E-state index in [9.17, 15) is 0 Å². The van der Waals surface area contributed by atoms with E-state index in [0.29, 0.717) is 5.82 Å². The van der Waals surface area contributed by atoms with Gasteiger partial charge in [0, 0.05) is 23.7 Å². The van der Waals surface area contributed by atoms with Crippen LogP contribution in [0.25, 0.3) is 10.9 Å². The first-order chi connectivity index (χ1) is 11.7. The van der Waals surface area contributed by atoms with Crippen LogP contribution in [-0.4, -0.2) is 22.9 Å². The Bertz CT molecular complexity index is 1040. The number of hydrogen-bond acceptors (Lipinski definition) is 4. The van der Waals surface area contributed by atoms with Crippen LogP contribution >= 0.6 is 0 Å². The summed E-state index contributed by atoms with van der Waals surface area (Å²) in [6.07, 6.45) is 1.11. The van der Waals surface area contributed by atoms with Crippen molar-refractivity contribution in [1.82, 2.24) is 9.55 Å². The fraction of sp³-hybridized carbons (Fsp3) is 0.105. The second-order valence-corrected chi connectivity index (χ2v) is 5.26. The highest BCUT2D eigenvalue weighted by Gasteiger charge is 2.13. The smallest absolute Gasteiger partial charge is 0.229 e. The molecule has 24 heavy (non-hydrogen) atoms. The highest BCUT2D eigenvalue weighted by atomic mass is 15.2. The number of benzene rings is 2. The van der Waals surface area contributed by atoms with Crippen LogP contribution in [0.4, 0.5) is 11.5 Å². The molecule has 0 saturated heterocycles. The van der Waals surface area contributed by atoms with Crippen LogP contribution in [0.2, 0.25) is 0 Å².